The number of allylic oxidation sites excluding steroid dienone is 1. The SMILES string of the molecule is CCOC(=O)C1=C(CCl)NC(=O)N[C@@H]1c1cc(C)ccc1C. The number of aryl methyl sites for hydroxylation is 2. The number of carbonyl (C=O) groups is 2. The van der Waals surface area contributed by atoms with Gasteiger partial charge in [-0.25, -0.2) is 9.59 Å². The predicted octanol–water partition coefficient (Wildman–Crippen LogP) is 2.71. The molecule has 0 bridgehead atoms. The molecule has 1 aliphatic rings. The average molecular weight is 323 g/mol. The van der Waals surface area contributed by atoms with Gasteiger partial charge < -0.3 is 15.4 Å². The molecular weight excluding hydrogens is 304 g/mol. The zero-order chi connectivity index (χ0) is 16.3. The fourth-order valence-corrected chi connectivity index (χ4v) is 2.69. The number of esters is 1. The van der Waals surface area contributed by atoms with Gasteiger partial charge in [0.25, 0.3) is 0 Å². The number of carbonyl (C=O) groups excluding carboxylic acids is 2. The molecule has 5 nitrogen and oxygen atoms in total. The second-order valence-electron chi connectivity index (χ2n) is 5.14. The number of halogens is 1. The highest BCUT2D eigenvalue weighted by Crippen LogP contribution is 2.30. The van der Waals surface area contributed by atoms with Gasteiger partial charge in [0, 0.05) is 5.70 Å². The van der Waals surface area contributed by atoms with E-state index in [4.69, 9.17) is 16.3 Å². The number of hydrogen-bond donors (Lipinski definition) is 2. The molecule has 1 aromatic carbocycles. The first-order chi connectivity index (χ1) is 10.5. The Labute approximate surface area is 134 Å². The smallest absolute Gasteiger partial charge is 0.338 e. The van der Waals surface area contributed by atoms with Crippen LogP contribution >= 0.6 is 11.6 Å². The monoisotopic (exact) mass is 322 g/mol. The average Bonchev–Trinajstić information content (AvgIpc) is 2.48. The van der Waals surface area contributed by atoms with Crippen LogP contribution in [0.25, 0.3) is 0 Å². The van der Waals surface area contributed by atoms with Crippen molar-refractivity contribution in [1.82, 2.24) is 10.6 Å². The Morgan fingerprint density at radius 1 is 1.36 bits per heavy atom. The van der Waals surface area contributed by atoms with Crippen LogP contribution < -0.4 is 10.6 Å². The number of benzene rings is 1. The van der Waals surface area contributed by atoms with E-state index >= 15 is 0 Å². The largest absolute Gasteiger partial charge is 0.463 e. The molecule has 118 valence electrons. The van der Waals surface area contributed by atoms with E-state index in [1.54, 1.807) is 6.92 Å². The lowest BCUT2D eigenvalue weighted by atomic mass is 9.91. The highest BCUT2D eigenvalue weighted by Gasteiger charge is 2.34. The minimum absolute atomic E-state index is 0.0307. The number of rotatable bonds is 4. The summed E-state index contributed by atoms with van der Waals surface area (Å²) in [5.74, 6) is -0.445. The van der Waals surface area contributed by atoms with E-state index in [1.165, 1.54) is 0 Å². The zero-order valence-corrected chi connectivity index (χ0v) is 13.6. The number of amides is 2. The Kier molecular flexibility index (Phi) is 5.08. The molecule has 6 heteroatoms. The maximum atomic E-state index is 12.3. The van der Waals surface area contributed by atoms with Crippen molar-refractivity contribution in [2.24, 2.45) is 0 Å². The molecule has 0 aliphatic carbocycles. The van der Waals surface area contributed by atoms with Gasteiger partial charge in [-0.05, 0) is 31.9 Å². The van der Waals surface area contributed by atoms with Crippen LogP contribution in [0.4, 0.5) is 4.79 Å². The normalized spacial score (nSPS) is 17.8. The summed E-state index contributed by atoms with van der Waals surface area (Å²) in [5.41, 5.74) is 3.62. The van der Waals surface area contributed by atoms with Gasteiger partial charge in [0.15, 0.2) is 0 Å². The first-order valence-corrected chi connectivity index (χ1v) is 7.62. The van der Waals surface area contributed by atoms with Crippen LogP contribution in [-0.2, 0) is 9.53 Å². The molecule has 0 radical (unpaired) electrons. The van der Waals surface area contributed by atoms with Crippen molar-refractivity contribution in [1.29, 1.82) is 0 Å². The third-order valence-corrected chi connectivity index (χ3v) is 3.80. The summed E-state index contributed by atoms with van der Waals surface area (Å²) in [7, 11) is 0. The van der Waals surface area contributed by atoms with Gasteiger partial charge in [-0.3, -0.25) is 0 Å². The van der Waals surface area contributed by atoms with Crippen molar-refractivity contribution >= 4 is 23.6 Å². The second-order valence-corrected chi connectivity index (χ2v) is 5.41. The molecule has 1 atom stereocenters. The van der Waals surface area contributed by atoms with E-state index in [9.17, 15) is 9.59 Å². The molecule has 2 rings (SSSR count). The number of hydrogen-bond acceptors (Lipinski definition) is 3. The van der Waals surface area contributed by atoms with Crippen molar-refractivity contribution < 1.29 is 14.3 Å². The number of urea groups is 1. The predicted molar refractivity (Wildman–Crippen MR) is 84.7 cm³/mol. The molecule has 2 amide bonds. The topological polar surface area (TPSA) is 67.4 Å². The Morgan fingerprint density at radius 3 is 2.73 bits per heavy atom. The van der Waals surface area contributed by atoms with Crippen LogP contribution in [0.5, 0.6) is 0 Å². The van der Waals surface area contributed by atoms with E-state index in [0.29, 0.717) is 11.3 Å². The Bertz CT molecular complexity index is 640. The molecular formula is C16H19ClN2O3. The molecule has 0 saturated heterocycles. The van der Waals surface area contributed by atoms with Crippen LogP contribution in [0.15, 0.2) is 29.5 Å². The molecule has 1 aliphatic heterocycles. The number of ether oxygens (including phenoxy) is 1. The van der Waals surface area contributed by atoms with Gasteiger partial charge >= 0.3 is 12.0 Å². The fourth-order valence-electron chi connectivity index (χ4n) is 2.48. The summed E-state index contributed by atoms with van der Waals surface area (Å²) < 4.78 is 5.12. The minimum Gasteiger partial charge on any atom is -0.463 e. The lowest BCUT2D eigenvalue weighted by molar-refractivity contribution is -0.139. The highest BCUT2D eigenvalue weighted by atomic mass is 35.5. The van der Waals surface area contributed by atoms with Gasteiger partial charge in [0.05, 0.1) is 24.1 Å². The van der Waals surface area contributed by atoms with E-state index in [2.05, 4.69) is 10.6 Å². The minimum atomic E-state index is -0.568. The van der Waals surface area contributed by atoms with Crippen molar-refractivity contribution in [3.05, 3.63) is 46.2 Å². The molecule has 0 unspecified atom stereocenters. The van der Waals surface area contributed by atoms with Gasteiger partial charge in [-0.1, -0.05) is 23.8 Å². The van der Waals surface area contributed by atoms with E-state index in [-0.39, 0.29) is 18.5 Å². The van der Waals surface area contributed by atoms with Crippen LogP contribution in [0.1, 0.15) is 29.7 Å². The molecule has 1 heterocycles. The Balaban J connectivity index is 2.56. The molecule has 2 N–H and O–H groups in total. The Hall–Kier alpha value is -2.01. The summed E-state index contributed by atoms with van der Waals surface area (Å²) in [4.78, 5) is 24.2. The Morgan fingerprint density at radius 2 is 2.09 bits per heavy atom. The van der Waals surface area contributed by atoms with Crippen molar-refractivity contribution in [3.8, 4) is 0 Å². The summed E-state index contributed by atoms with van der Waals surface area (Å²) in [6.45, 7) is 5.89. The van der Waals surface area contributed by atoms with Gasteiger partial charge in [0.1, 0.15) is 0 Å². The van der Waals surface area contributed by atoms with Crippen LogP contribution in [0.2, 0.25) is 0 Å². The quantitative estimate of drug-likeness (QED) is 0.661. The zero-order valence-electron chi connectivity index (χ0n) is 12.8. The van der Waals surface area contributed by atoms with Crippen molar-refractivity contribution in [2.45, 2.75) is 26.8 Å². The van der Waals surface area contributed by atoms with Crippen LogP contribution in [0.3, 0.4) is 0 Å². The summed E-state index contributed by atoms with van der Waals surface area (Å²) in [5, 5.41) is 5.37. The molecule has 0 aromatic heterocycles. The molecule has 22 heavy (non-hydrogen) atoms. The molecule has 0 saturated carbocycles. The lowest BCUT2D eigenvalue weighted by Gasteiger charge is -2.29. The third kappa shape index (κ3) is 3.25. The molecule has 0 fully saturated rings. The molecule has 1 aromatic rings. The maximum absolute atomic E-state index is 12.3. The third-order valence-electron chi connectivity index (χ3n) is 3.53. The highest BCUT2D eigenvalue weighted by molar-refractivity contribution is 6.20. The van der Waals surface area contributed by atoms with Gasteiger partial charge in [-0.2, -0.15) is 0 Å². The van der Waals surface area contributed by atoms with E-state index < -0.39 is 12.0 Å². The summed E-state index contributed by atoms with van der Waals surface area (Å²) in [6.07, 6.45) is 0. The van der Waals surface area contributed by atoms with Crippen LogP contribution in [0, 0.1) is 13.8 Å². The summed E-state index contributed by atoms with van der Waals surface area (Å²) >= 11 is 5.90. The van der Waals surface area contributed by atoms with E-state index in [0.717, 1.165) is 16.7 Å². The second kappa shape index (κ2) is 6.83. The van der Waals surface area contributed by atoms with Gasteiger partial charge in [-0.15, -0.1) is 11.6 Å². The fraction of sp³-hybridized carbons (Fsp3) is 0.375. The first-order valence-electron chi connectivity index (χ1n) is 7.08. The maximum Gasteiger partial charge on any atom is 0.338 e. The number of alkyl halides is 1. The standard InChI is InChI=1S/C16H19ClN2O3/c1-4-22-15(20)13-12(8-17)18-16(21)19-14(13)11-7-9(2)5-6-10(11)3/h5-7,14H,4,8H2,1-3H3,(H2,18,19,21)/t14-/m1/s1. The number of nitrogens with one attached hydrogen (secondary N) is 2. The van der Waals surface area contributed by atoms with Gasteiger partial charge in [0.2, 0.25) is 0 Å². The lowest BCUT2D eigenvalue weighted by Crippen LogP contribution is -2.46. The van der Waals surface area contributed by atoms with Crippen molar-refractivity contribution in [2.75, 3.05) is 12.5 Å². The van der Waals surface area contributed by atoms with Crippen LogP contribution in [-0.4, -0.2) is 24.5 Å². The van der Waals surface area contributed by atoms with Crippen molar-refractivity contribution in [3.63, 3.8) is 0 Å². The molecule has 0 spiro atoms. The first kappa shape index (κ1) is 16.4. The summed E-state index contributed by atoms with van der Waals surface area (Å²) in [6, 6.07) is 4.95. The van der Waals surface area contributed by atoms with E-state index in [1.807, 2.05) is 32.0 Å².